The lowest BCUT2D eigenvalue weighted by Crippen LogP contribution is -2.56. The van der Waals surface area contributed by atoms with Crippen molar-refractivity contribution in [2.24, 2.45) is 0 Å². The first-order chi connectivity index (χ1) is 30.8. The lowest BCUT2D eigenvalue weighted by molar-refractivity contribution is -0.136. The number of carbonyl (C=O) groups excluding carboxylic acids is 4. The molecule has 1 aliphatic carbocycles. The van der Waals surface area contributed by atoms with Crippen molar-refractivity contribution in [1.82, 2.24) is 29.4 Å². The van der Waals surface area contributed by atoms with Crippen molar-refractivity contribution < 1.29 is 45.5 Å². The van der Waals surface area contributed by atoms with Crippen LogP contribution >= 0.6 is 0 Å². The predicted octanol–water partition coefficient (Wildman–Crippen LogP) is 4.93. The molecule has 2 aromatic heterocycles. The third-order valence-corrected chi connectivity index (χ3v) is 14.5. The van der Waals surface area contributed by atoms with E-state index in [0.29, 0.717) is 46.9 Å². The first-order valence-corrected chi connectivity index (χ1v) is 22.7. The Morgan fingerprint density at radius 1 is 0.906 bits per heavy atom. The number of piperazine rings is 1. The molecule has 3 amide bonds. The SMILES string of the molecule is O=C1CCC(N2Cc3cc(N4CCN([C@H]5C[C@@H](Oc6ccc(-c7cnc8[nH]cc(C(=O)c9c(F)ccc(NS(=O)(=O)N%10CC[C@@H](F)C%10)c9F)c8c7)cc6)C5)CC4)ccc3C2=O)C(=O)N1. The van der Waals surface area contributed by atoms with Crippen molar-refractivity contribution in [3.8, 4) is 16.9 Å². The molecular weight excluding hydrogens is 854 g/mol. The highest BCUT2D eigenvalue weighted by atomic mass is 32.2. The van der Waals surface area contributed by atoms with E-state index in [-0.39, 0.29) is 42.9 Å². The molecular formula is C45H43F3N8O7S. The summed E-state index contributed by atoms with van der Waals surface area (Å²) in [6.07, 6.45) is 3.93. The molecule has 3 saturated heterocycles. The van der Waals surface area contributed by atoms with E-state index >= 15 is 8.78 Å². The average molecular weight is 897 g/mol. The second-order valence-corrected chi connectivity index (χ2v) is 18.6. The summed E-state index contributed by atoms with van der Waals surface area (Å²) in [5.41, 5.74) is 2.59. The van der Waals surface area contributed by atoms with Crippen LogP contribution in [-0.4, -0.2) is 120 Å². The minimum Gasteiger partial charge on any atom is -0.490 e. The van der Waals surface area contributed by atoms with E-state index in [1.165, 1.54) is 6.20 Å². The van der Waals surface area contributed by atoms with Crippen LogP contribution < -0.4 is 19.7 Å². The zero-order valence-corrected chi connectivity index (χ0v) is 35.2. The van der Waals surface area contributed by atoms with Crippen LogP contribution in [0, 0.1) is 11.6 Å². The molecule has 15 nitrogen and oxygen atoms in total. The first kappa shape index (κ1) is 41.7. The highest BCUT2D eigenvalue weighted by molar-refractivity contribution is 7.90. The van der Waals surface area contributed by atoms with Gasteiger partial charge in [0.15, 0.2) is 5.82 Å². The number of fused-ring (bicyclic) bond motifs is 2. The normalized spacial score (nSPS) is 23.0. The van der Waals surface area contributed by atoms with Crippen molar-refractivity contribution in [2.45, 2.75) is 63.0 Å². The van der Waals surface area contributed by atoms with Crippen LogP contribution in [0.2, 0.25) is 0 Å². The molecule has 3 aromatic carbocycles. The summed E-state index contributed by atoms with van der Waals surface area (Å²) in [5, 5.41) is 2.66. The number of ether oxygens (including phenoxy) is 1. The number of alkyl halides is 1. The number of H-pyrrole nitrogens is 1. The third-order valence-electron chi connectivity index (χ3n) is 13.0. The number of amides is 3. The molecule has 0 bridgehead atoms. The Balaban J connectivity index is 0.735. The van der Waals surface area contributed by atoms with Gasteiger partial charge in [-0.15, -0.1) is 0 Å². The maximum absolute atomic E-state index is 15.7. The summed E-state index contributed by atoms with van der Waals surface area (Å²) >= 11 is 0. The number of nitrogens with zero attached hydrogens (tertiary/aromatic N) is 5. The molecule has 5 aliphatic rings. The molecule has 332 valence electrons. The number of pyridine rings is 1. The first-order valence-electron chi connectivity index (χ1n) is 21.2. The Morgan fingerprint density at radius 2 is 1.69 bits per heavy atom. The molecule has 2 atom stereocenters. The maximum atomic E-state index is 15.7. The van der Waals surface area contributed by atoms with Crippen LogP contribution in [0.25, 0.3) is 22.2 Å². The van der Waals surface area contributed by atoms with Crippen LogP contribution in [0.15, 0.2) is 73.1 Å². The molecule has 6 heterocycles. The lowest BCUT2D eigenvalue weighted by atomic mass is 9.87. The number of aromatic amines is 1. The highest BCUT2D eigenvalue weighted by Gasteiger charge is 2.40. The maximum Gasteiger partial charge on any atom is 0.301 e. The van der Waals surface area contributed by atoms with Crippen molar-refractivity contribution >= 4 is 56.1 Å². The van der Waals surface area contributed by atoms with Crippen molar-refractivity contribution in [3.05, 3.63) is 107 Å². The molecule has 4 aliphatic heterocycles. The third kappa shape index (κ3) is 7.74. The van der Waals surface area contributed by atoms with Gasteiger partial charge < -0.3 is 19.5 Å². The number of hydrogen-bond acceptors (Lipinski definition) is 10. The van der Waals surface area contributed by atoms with Gasteiger partial charge in [-0.1, -0.05) is 12.1 Å². The second-order valence-electron chi connectivity index (χ2n) is 16.9. The van der Waals surface area contributed by atoms with E-state index in [4.69, 9.17) is 4.74 Å². The van der Waals surface area contributed by atoms with Gasteiger partial charge in [0.25, 0.3) is 5.91 Å². The Kier molecular flexibility index (Phi) is 10.7. The highest BCUT2D eigenvalue weighted by Crippen LogP contribution is 2.35. The van der Waals surface area contributed by atoms with Crippen LogP contribution in [0.4, 0.5) is 24.5 Å². The summed E-state index contributed by atoms with van der Waals surface area (Å²) in [7, 11) is -4.36. The Morgan fingerprint density at radius 3 is 2.42 bits per heavy atom. The quantitative estimate of drug-likeness (QED) is 0.122. The summed E-state index contributed by atoms with van der Waals surface area (Å²) in [6.45, 7) is 3.29. The molecule has 0 spiro atoms. The van der Waals surface area contributed by atoms with Crippen molar-refractivity contribution in [3.63, 3.8) is 0 Å². The minimum atomic E-state index is -4.36. The monoisotopic (exact) mass is 896 g/mol. The van der Waals surface area contributed by atoms with Gasteiger partial charge in [-0.2, -0.15) is 12.7 Å². The Bertz CT molecular complexity index is 2830. The van der Waals surface area contributed by atoms with Gasteiger partial charge in [-0.3, -0.25) is 34.1 Å². The number of piperidine rings is 1. The van der Waals surface area contributed by atoms with Gasteiger partial charge in [0.2, 0.25) is 17.6 Å². The van der Waals surface area contributed by atoms with Crippen LogP contribution in [-0.2, 0) is 26.3 Å². The number of rotatable bonds is 11. The summed E-state index contributed by atoms with van der Waals surface area (Å²) < 4.78 is 79.3. The summed E-state index contributed by atoms with van der Waals surface area (Å²) in [4.78, 5) is 64.6. The van der Waals surface area contributed by atoms with Gasteiger partial charge in [0.1, 0.15) is 35.5 Å². The number of ketones is 1. The zero-order valence-electron chi connectivity index (χ0n) is 34.4. The fourth-order valence-corrected chi connectivity index (χ4v) is 10.7. The fraction of sp³-hybridized carbons (Fsp3) is 0.356. The van der Waals surface area contributed by atoms with Crippen LogP contribution in [0.5, 0.6) is 5.75 Å². The molecule has 5 aromatic rings. The molecule has 0 radical (unpaired) electrons. The Labute approximate surface area is 365 Å². The average Bonchev–Trinajstić information content (AvgIpc) is 4.00. The van der Waals surface area contributed by atoms with E-state index < -0.39 is 63.5 Å². The van der Waals surface area contributed by atoms with Crippen molar-refractivity contribution in [2.75, 3.05) is 48.9 Å². The largest absolute Gasteiger partial charge is 0.490 e. The molecule has 1 unspecified atom stereocenters. The second kappa shape index (κ2) is 16.4. The number of halogens is 3. The van der Waals surface area contributed by atoms with Gasteiger partial charge in [-0.25, -0.2) is 18.2 Å². The number of nitrogens with one attached hydrogen (secondary N) is 3. The van der Waals surface area contributed by atoms with Gasteiger partial charge in [0.05, 0.1) is 11.3 Å². The zero-order chi connectivity index (χ0) is 44.4. The molecule has 64 heavy (non-hydrogen) atoms. The number of carbonyl (C=O) groups is 4. The van der Waals surface area contributed by atoms with Gasteiger partial charge >= 0.3 is 10.2 Å². The standard InChI is InChI=1S/C45H43F3N8O7S/c46-28-11-12-55(24-28)64(61,62)52-37-8-7-36(47)40(41(37)48)42(58)35-22-50-43-34(35)18-26(21-49-43)25-1-4-31(5-2-25)63-32-19-30(20-32)54-15-13-53(14-16-54)29-3-6-33-27(17-29)23-56(45(33)60)38-9-10-39(57)51-44(38)59/h1-8,17-18,21-22,28,30,32,38,52H,9-16,19-20,23-24H2,(H,49,50)(H,51,57,59)/t28-,30-,32+,38?/m1/s1. The molecule has 3 N–H and O–H groups in total. The number of imide groups is 1. The minimum absolute atomic E-state index is 0.00181. The smallest absolute Gasteiger partial charge is 0.301 e. The summed E-state index contributed by atoms with van der Waals surface area (Å²) in [6, 6.07) is 16.4. The van der Waals surface area contributed by atoms with E-state index in [1.54, 1.807) is 17.2 Å². The van der Waals surface area contributed by atoms with E-state index in [0.717, 1.165) is 72.3 Å². The Hall–Kier alpha value is -6.31. The molecule has 10 rings (SSSR count). The number of benzene rings is 3. The number of aromatic nitrogens is 2. The lowest BCUT2D eigenvalue weighted by Gasteiger charge is -2.46. The number of anilines is 2. The molecule has 1 saturated carbocycles. The molecule has 19 heteroatoms. The predicted molar refractivity (Wildman–Crippen MR) is 229 cm³/mol. The van der Waals surface area contributed by atoms with Crippen LogP contribution in [0.3, 0.4) is 0 Å². The summed E-state index contributed by atoms with van der Waals surface area (Å²) in [5.74, 6) is -3.80. The fourth-order valence-electron chi connectivity index (χ4n) is 9.39. The van der Waals surface area contributed by atoms with Gasteiger partial charge in [-0.05, 0) is 72.5 Å². The molecule has 4 fully saturated rings. The van der Waals surface area contributed by atoms with E-state index in [9.17, 15) is 32.0 Å². The number of hydrogen-bond donors (Lipinski definition) is 3. The topological polar surface area (TPSA) is 177 Å². The van der Waals surface area contributed by atoms with Crippen molar-refractivity contribution in [1.29, 1.82) is 0 Å². The van der Waals surface area contributed by atoms with Gasteiger partial charge in [0, 0.05) is 111 Å². The van der Waals surface area contributed by atoms with Crippen LogP contribution in [0.1, 0.15) is 63.9 Å². The van der Waals surface area contributed by atoms with E-state index in [1.807, 2.05) is 47.2 Å². The van der Waals surface area contributed by atoms with E-state index in [2.05, 4.69) is 25.1 Å².